The van der Waals surface area contributed by atoms with Crippen LogP contribution in [0.1, 0.15) is 5.69 Å². The highest BCUT2D eigenvalue weighted by atomic mass is 16.4. The first-order valence-corrected chi connectivity index (χ1v) is 8.50. The van der Waals surface area contributed by atoms with Crippen molar-refractivity contribution in [1.29, 1.82) is 0 Å². The summed E-state index contributed by atoms with van der Waals surface area (Å²) in [4.78, 5) is 28.4. The van der Waals surface area contributed by atoms with Crippen LogP contribution in [0.5, 0.6) is 0 Å². The van der Waals surface area contributed by atoms with E-state index in [1.807, 2.05) is 30.3 Å². The minimum Gasteiger partial charge on any atom is -0.480 e. The van der Waals surface area contributed by atoms with Gasteiger partial charge in [0, 0.05) is 37.1 Å². The van der Waals surface area contributed by atoms with Gasteiger partial charge in [-0.1, -0.05) is 18.2 Å². The molecule has 7 nitrogen and oxygen atoms in total. The number of aromatic nitrogens is 3. The number of pyridine rings is 2. The molecule has 0 unspecified atom stereocenters. The lowest BCUT2D eigenvalue weighted by atomic mass is 10.0. The van der Waals surface area contributed by atoms with Crippen molar-refractivity contribution in [2.24, 2.45) is 12.8 Å². The molecule has 3 aromatic heterocycles. The summed E-state index contributed by atoms with van der Waals surface area (Å²) in [5, 5.41) is 10.0. The summed E-state index contributed by atoms with van der Waals surface area (Å²) in [5.74, 6) is -1.06. The number of aryl methyl sites for hydroxylation is 1. The third-order valence-corrected chi connectivity index (χ3v) is 4.80. The number of hydrogen-bond donors (Lipinski definition) is 2. The summed E-state index contributed by atoms with van der Waals surface area (Å²) >= 11 is 0. The van der Waals surface area contributed by atoms with Crippen LogP contribution in [0.2, 0.25) is 0 Å². The molecule has 0 bridgehead atoms. The molecule has 0 aliphatic heterocycles. The maximum Gasteiger partial charge on any atom is 0.320 e. The van der Waals surface area contributed by atoms with Crippen molar-refractivity contribution >= 4 is 22.5 Å². The summed E-state index contributed by atoms with van der Waals surface area (Å²) in [6.07, 6.45) is 3.53. The van der Waals surface area contributed by atoms with E-state index in [2.05, 4.69) is 4.98 Å². The maximum atomic E-state index is 12.9. The van der Waals surface area contributed by atoms with Crippen LogP contribution >= 0.6 is 0 Å². The van der Waals surface area contributed by atoms with Crippen LogP contribution in [0.4, 0.5) is 0 Å². The summed E-state index contributed by atoms with van der Waals surface area (Å²) in [7, 11) is 1.75. The molecule has 0 saturated heterocycles. The maximum absolute atomic E-state index is 12.9. The van der Waals surface area contributed by atoms with E-state index in [-0.39, 0.29) is 12.0 Å². The Balaban J connectivity index is 1.93. The predicted molar refractivity (Wildman–Crippen MR) is 103 cm³/mol. The SMILES string of the molecule is Cn1c(=O)c(-c2ccc(C[C@H](N)C(=O)O)n3ccnc23)cc2ccccc21. The summed E-state index contributed by atoms with van der Waals surface area (Å²) in [6, 6.07) is 12.1. The van der Waals surface area contributed by atoms with Gasteiger partial charge in [-0.2, -0.15) is 0 Å². The van der Waals surface area contributed by atoms with E-state index in [1.54, 1.807) is 40.5 Å². The second kappa shape index (κ2) is 6.37. The number of nitrogens with zero attached hydrogens (tertiary/aromatic N) is 3. The number of nitrogens with two attached hydrogens (primary N) is 1. The van der Waals surface area contributed by atoms with Gasteiger partial charge < -0.3 is 19.8 Å². The Morgan fingerprint density at radius 1 is 1.22 bits per heavy atom. The third-order valence-electron chi connectivity index (χ3n) is 4.80. The average Bonchev–Trinajstić information content (AvgIpc) is 3.15. The number of imidazole rings is 1. The molecule has 1 atom stereocenters. The van der Waals surface area contributed by atoms with Crippen LogP contribution < -0.4 is 11.3 Å². The normalized spacial score (nSPS) is 12.5. The van der Waals surface area contributed by atoms with Crippen molar-refractivity contribution in [1.82, 2.24) is 14.0 Å². The van der Waals surface area contributed by atoms with E-state index in [4.69, 9.17) is 10.8 Å². The van der Waals surface area contributed by atoms with Gasteiger partial charge in [0.1, 0.15) is 11.7 Å². The van der Waals surface area contributed by atoms with Gasteiger partial charge >= 0.3 is 5.97 Å². The Hall–Kier alpha value is -3.45. The molecule has 0 amide bonds. The molecule has 1 aromatic carbocycles. The monoisotopic (exact) mass is 362 g/mol. The van der Waals surface area contributed by atoms with Crippen LogP contribution in [0.25, 0.3) is 27.7 Å². The van der Waals surface area contributed by atoms with Gasteiger partial charge in [0.05, 0.1) is 11.1 Å². The van der Waals surface area contributed by atoms with Crippen LogP contribution in [-0.4, -0.2) is 31.1 Å². The zero-order chi connectivity index (χ0) is 19.1. The molecule has 0 aliphatic carbocycles. The van der Waals surface area contributed by atoms with E-state index < -0.39 is 12.0 Å². The molecule has 0 saturated carbocycles. The molecule has 7 heteroatoms. The molecule has 136 valence electrons. The predicted octanol–water partition coefficient (Wildman–Crippen LogP) is 1.81. The van der Waals surface area contributed by atoms with E-state index in [1.165, 1.54) is 0 Å². The zero-order valence-corrected chi connectivity index (χ0v) is 14.7. The quantitative estimate of drug-likeness (QED) is 0.576. The Kier molecular flexibility index (Phi) is 4.01. The van der Waals surface area contributed by atoms with Crippen LogP contribution in [0, 0.1) is 0 Å². The number of benzene rings is 1. The summed E-state index contributed by atoms with van der Waals surface area (Å²) in [5.41, 5.74) is 8.97. The number of aliphatic carboxylic acids is 1. The lowest BCUT2D eigenvalue weighted by molar-refractivity contribution is -0.138. The Morgan fingerprint density at radius 2 is 2.00 bits per heavy atom. The molecule has 27 heavy (non-hydrogen) atoms. The van der Waals surface area contributed by atoms with Crippen LogP contribution in [0.3, 0.4) is 0 Å². The highest BCUT2D eigenvalue weighted by molar-refractivity contribution is 5.87. The van der Waals surface area contributed by atoms with Gasteiger partial charge in [-0.15, -0.1) is 0 Å². The fraction of sp³-hybridized carbons (Fsp3) is 0.150. The first-order valence-electron chi connectivity index (χ1n) is 8.50. The highest BCUT2D eigenvalue weighted by Gasteiger charge is 2.17. The summed E-state index contributed by atoms with van der Waals surface area (Å²) < 4.78 is 3.41. The molecule has 3 N–H and O–H groups in total. The van der Waals surface area contributed by atoms with Gasteiger partial charge in [-0.05, 0) is 29.7 Å². The van der Waals surface area contributed by atoms with Crippen LogP contribution in [-0.2, 0) is 18.3 Å². The molecular weight excluding hydrogens is 344 g/mol. The third kappa shape index (κ3) is 2.78. The lowest BCUT2D eigenvalue weighted by Gasteiger charge is -2.13. The zero-order valence-electron chi connectivity index (χ0n) is 14.7. The Morgan fingerprint density at radius 3 is 2.78 bits per heavy atom. The van der Waals surface area contributed by atoms with Crippen molar-refractivity contribution in [3.8, 4) is 11.1 Å². The Bertz CT molecular complexity index is 1240. The number of carboxylic acids is 1. The number of hydrogen-bond acceptors (Lipinski definition) is 4. The van der Waals surface area contributed by atoms with Gasteiger partial charge in [-0.25, -0.2) is 4.98 Å². The van der Waals surface area contributed by atoms with E-state index >= 15 is 0 Å². The number of fused-ring (bicyclic) bond motifs is 2. The fourth-order valence-electron chi connectivity index (χ4n) is 3.37. The second-order valence-corrected chi connectivity index (χ2v) is 6.49. The summed E-state index contributed by atoms with van der Waals surface area (Å²) in [6.45, 7) is 0. The molecule has 4 aromatic rings. The van der Waals surface area contributed by atoms with Crippen LogP contribution in [0.15, 0.2) is 59.7 Å². The topological polar surface area (TPSA) is 103 Å². The van der Waals surface area contributed by atoms with E-state index in [0.29, 0.717) is 16.8 Å². The number of rotatable bonds is 4. The van der Waals surface area contributed by atoms with Gasteiger partial charge in [0.25, 0.3) is 5.56 Å². The first-order chi connectivity index (χ1) is 13.0. The van der Waals surface area contributed by atoms with Crippen molar-refractivity contribution in [2.45, 2.75) is 12.5 Å². The van der Waals surface area contributed by atoms with E-state index in [9.17, 15) is 9.59 Å². The number of para-hydroxylation sites is 1. The number of carbonyl (C=O) groups is 1. The van der Waals surface area contributed by atoms with Gasteiger partial charge in [-0.3, -0.25) is 9.59 Å². The fourth-order valence-corrected chi connectivity index (χ4v) is 3.37. The van der Waals surface area contributed by atoms with E-state index in [0.717, 1.165) is 16.6 Å². The van der Waals surface area contributed by atoms with Crippen molar-refractivity contribution in [3.63, 3.8) is 0 Å². The molecule has 0 spiro atoms. The molecule has 0 aliphatic rings. The Labute approximate surface area is 154 Å². The lowest BCUT2D eigenvalue weighted by Crippen LogP contribution is -2.32. The standard InChI is InChI=1S/C20H18N4O3/c1-23-17-5-3-2-4-12(17)10-15(19(23)25)14-7-6-13(11-16(21)20(26)27)24-9-8-22-18(14)24/h2-10,16H,11,21H2,1H3,(H,26,27)/t16-/m0/s1. The molecule has 0 fully saturated rings. The molecule has 4 rings (SSSR count). The largest absolute Gasteiger partial charge is 0.480 e. The van der Waals surface area contributed by atoms with Crippen molar-refractivity contribution < 1.29 is 9.90 Å². The highest BCUT2D eigenvalue weighted by Crippen LogP contribution is 2.25. The molecule has 0 radical (unpaired) electrons. The van der Waals surface area contributed by atoms with Crippen molar-refractivity contribution in [3.05, 3.63) is 70.9 Å². The molecular formula is C20H18N4O3. The first kappa shape index (κ1) is 17.0. The minimum atomic E-state index is -1.06. The number of carboxylic acid groups (broad SMARTS) is 1. The van der Waals surface area contributed by atoms with Gasteiger partial charge in [0.2, 0.25) is 0 Å². The van der Waals surface area contributed by atoms with Gasteiger partial charge in [0.15, 0.2) is 0 Å². The minimum absolute atomic E-state index is 0.117. The van der Waals surface area contributed by atoms with Crippen molar-refractivity contribution in [2.75, 3.05) is 0 Å². The smallest absolute Gasteiger partial charge is 0.320 e. The molecule has 3 heterocycles. The average molecular weight is 362 g/mol. The second-order valence-electron chi connectivity index (χ2n) is 6.49.